The Labute approximate surface area is 124 Å². The zero-order valence-electron chi connectivity index (χ0n) is 12.3. The Morgan fingerprint density at radius 1 is 1.19 bits per heavy atom. The van der Waals surface area contributed by atoms with Crippen LogP contribution in [0.3, 0.4) is 0 Å². The quantitative estimate of drug-likeness (QED) is 0.791. The normalized spacial score (nSPS) is 22.6. The lowest BCUT2D eigenvalue weighted by Gasteiger charge is -2.32. The maximum atomic E-state index is 5.88. The Balaban J connectivity index is 1.45. The summed E-state index contributed by atoms with van der Waals surface area (Å²) < 4.78 is 4.83. The van der Waals surface area contributed by atoms with E-state index in [4.69, 9.17) is 9.36 Å². The number of benzene rings is 1. The van der Waals surface area contributed by atoms with Crippen LogP contribution in [0, 0.1) is 0 Å². The second-order valence-corrected chi connectivity index (χ2v) is 5.60. The summed E-state index contributed by atoms with van der Waals surface area (Å²) in [6.45, 7) is 0.627. The summed E-state index contributed by atoms with van der Waals surface area (Å²) in [5, 5.41) is 5.97. The van der Waals surface area contributed by atoms with Crippen LogP contribution in [-0.2, 0) is 11.4 Å². The van der Waals surface area contributed by atoms with E-state index >= 15 is 0 Å². The van der Waals surface area contributed by atoms with Crippen molar-refractivity contribution in [3.8, 4) is 0 Å². The van der Waals surface area contributed by atoms with Crippen molar-refractivity contribution in [3.63, 3.8) is 0 Å². The van der Waals surface area contributed by atoms with Crippen LogP contribution >= 0.6 is 0 Å². The van der Waals surface area contributed by atoms with Gasteiger partial charge in [0, 0.05) is 19.0 Å². The number of rotatable bonds is 5. The van der Waals surface area contributed by atoms with E-state index in [1.54, 1.807) is 0 Å². The molecule has 0 saturated heterocycles. The molecule has 0 aliphatic heterocycles. The van der Waals surface area contributed by atoms with Gasteiger partial charge in [0.2, 0.25) is 6.39 Å². The number of aromatic nitrogens is 2. The third-order valence-corrected chi connectivity index (χ3v) is 4.23. The lowest BCUT2D eigenvalue weighted by Crippen LogP contribution is -2.34. The molecule has 1 aliphatic carbocycles. The van der Waals surface area contributed by atoms with Gasteiger partial charge in [-0.05, 0) is 31.2 Å². The number of hydroxylamine groups is 2. The number of hydrogen-bond acceptors (Lipinski definition) is 5. The summed E-state index contributed by atoms with van der Waals surface area (Å²) >= 11 is 0. The Morgan fingerprint density at radius 3 is 2.62 bits per heavy atom. The highest BCUT2D eigenvalue weighted by Gasteiger charge is 2.27. The van der Waals surface area contributed by atoms with Gasteiger partial charge in [0.25, 0.3) is 0 Å². The van der Waals surface area contributed by atoms with Gasteiger partial charge in [-0.3, -0.25) is 4.84 Å². The highest BCUT2D eigenvalue weighted by atomic mass is 16.7. The molecule has 0 spiro atoms. The maximum absolute atomic E-state index is 5.88. The van der Waals surface area contributed by atoms with E-state index in [0.717, 1.165) is 31.5 Å². The fourth-order valence-electron chi connectivity index (χ4n) is 2.91. The first-order valence-electron chi connectivity index (χ1n) is 7.49. The fraction of sp³-hybridized carbons (Fsp3) is 0.500. The van der Waals surface area contributed by atoms with Crippen molar-refractivity contribution in [1.82, 2.24) is 15.2 Å². The molecule has 1 heterocycles. The Morgan fingerprint density at radius 2 is 1.95 bits per heavy atom. The molecule has 0 bridgehead atoms. The molecule has 1 fully saturated rings. The minimum Gasteiger partial charge on any atom is -0.343 e. The van der Waals surface area contributed by atoms with Crippen molar-refractivity contribution in [2.75, 3.05) is 7.05 Å². The molecule has 21 heavy (non-hydrogen) atoms. The molecule has 3 rings (SSSR count). The highest BCUT2D eigenvalue weighted by Crippen LogP contribution is 2.32. The first-order valence-corrected chi connectivity index (χ1v) is 7.49. The molecule has 0 unspecified atom stereocenters. The smallest absolute Gasteiger partial charge is 0.213 e. The van der Waals surface area contributed by atoms with Gasteiger partial charge < -0.3 is 4.52 Å². The maximum Gasteiger partial charge on any atom is 0.213 e. The molecule has 5 nitrogen and oxygen atoms in total. The first kappa shape index (κ1) is 14.2. The Bertz CT molecular complexity index is 522. The molecular formula is C16H21N3O2. The van der Waals surface area contributed by atoms with Crippen LogP contribution in [0.5, 0.6) is 0 Å². The van der Waals surface area contributed by atoms with Crippen molar-refractivity contribution in [1.29, 1.82) is 0 Å². The molecular weight excluding hydrogens is 266 g/mol. The third-order valence-electron chi connectivity index (χ3n) is 4.23. The van der Waals surface area contributed by atoms with Gasteiger partial charge in [-0.15, -0.1) is 0 Å². The van der Waals surface area contributed by atoms with Gasteiger partial charge in [-0.2, -0.15) is 10.0 Å². The molecule has 1 aliphatic rings. The van der Waals surface area contributed by atoms with Crippen molar-refractivity contribution >= 4 is 0 Å². The van der Waals surface area contributed by atoms with Crippen molar-refractivity contribution in [3.05, 3.63) is 48.1 Å². The summed E-state index contributed by atoms with van der Waals surface area (Å²) in [7, 11) is 2.03. The fourth-order valence-corrected chi connectivity index (χ4v) is 2.91. The summed E-state index contributed by atoms with van der Waals surface area (Å²) in [5.41, 5.74) is 1.20. The zero-order valence-corrected chi connectivity index (χ0v) is 12.3. The number of hydrogen-bond donors (Lipinski definition) is 0. The average molecular weight is 287 g/mol. The summed E-state index contributed by atoms with van der Waals surface area (Å²) in [6, 6.07) is 10.7. The van der Waals surface area contributed by atoms with Gasteiger partial charge in [-0.25, -0.2) is 0 Å². The molecule has 112 valence electrons. The van der Waals surface area contributed by atoms with Gasteiger partial charge in [0.15, 0.2) is 5.82 Å². The topological polar surface area (TPSA) is 51.4 Å². The van der Waals surface area contributed by atoms with E-state index in [-0.39, 0.29) is 0 Å². The van der Waals surface area contributed by atoms with Crippen LogP contribution < -0.4 is 0 Å². The largest absolute Gasteiger partial charge is 0.343 e. The second-order valence-electron chi connectivity index (χ2n) is 5.60. The minimum absolute atomic E-state index is 0.433. The number of nitrogens with zero attached hydrogens (tertiary/aromatic N) is 3. The van der Waals surface area contributed by atoms with Crippen LogP contribution in [0.15, 0.2) is 41.2 Å². The second kappa shape index (κ2) is 6.83. The highest BCUT2D eigenvalue weighted by molar-refractivity contribution is 5.13. The van der Waals surface area contributed by atoms with E-state index in [9.17, 15) is 0 Å². The van der Waals surface area contributed by atoms with Crippen molar-refractivity contribution < 1.29 is 9.36 Å². The van der Waals surface area contributed by atoms with Crippen molar-refractivity contribution in [2.45, 2.75) is 44.2 Å². The van der Waals surface area contributed by atoms with E-state index < -0.39 is 0 Å². The van der Waals surface area contributed by atoms with E-state index in [1.807, 2.05) is 30.3 Å². The molecule has 5 heteroatoms. The van der Waals surface area contributed by atoms with Crippen LogP contribution in [0.2, 0.25) is 0 Å². The minimum atomic E-state index is 0.433. The predicted octanol–water partition coefficient (Wildman–Crippen LogP) is 3.16. The molecule has 0 atom stereocenters. The van der Waals surface area contributed by atoms with Gasteiger partial charge >= 0.3 is 0 Å². The summed E-state index contributed by atoms with van der Waals surface area (Å²) in [6.07, 6.45) is 5.79. The molecule has 2 aromatic rings. The van der Waals surface area contributed by atoms with E-state index in [2.05, 4.69) is 22.3 Å². The van der Waals surface area contributed by atoms with Crippen molar-refractivity contribution in [2.24, 2.45) is 0 Å². The van der Waals surface area contributed by atoms with Crippen LogP contribution in [0.1, 0.15) is 43.0 Å². The standard InChI is InChI=1S/C16H21N3O2/c1-19(21-11-13-5-3-2-4-6-13)15-9-7-14(8-10-15)16-17-12-20-18-16/h2-6,12,14-15H,7-11H2,1H3/t14-,15-. The molecule has 0 radical (unpaired) electrons. The van der Waals surface area contributed by atoms with Crippen LogP contribution in [0.4, 0.5) is 0 Å². The predicted molar refractivity (Wildman–Crippen MR) is 78.3 cm³/mol. The third kappa shape index (κ3) is 3.68. The van der Waals surface area contributed by atoms with E-state index in [1.165, 1.54) is 12.0 Å². The lowest BCUT2D eigenvalue weighted by atomic mass is 9.85. The summed E-state index contributed by atoms with van der Waals surface area (Å²) in [5.74, 6) is 1.28. The lowest BCUT2D eigenvalue weighted by molar-refractivity contribution is -0.184. The SMILES string of the molecule is CN(OCc1ccccc1)[C@H]1CC[C@H](c2ncon2)CC1. The Kier molecular flexibility index (Phi) is 4.62. The molecule has 0 amide bonds. The van der Waals surface area contributed by atoms with Gasteiger partial charge in [-0.1, -0.05) is 35.5 Å². The molecule has 0 N–H and O–H groups in total. The Hall–Kier alpha value is -1.72. The zero-order chi connectivity index (χ0) is 14.5. The monoisotopic (exact) mass is 287 g/mol. The van der Waals surface area contributed by atoms with E-state index in [0.29, 0.717) is 18.6 Å². The van der Waals surface area contributed by atoms with Gasteiger partial charge in [0.05, 0.1) is 6.61 Å². The average Bonchev–Trinajstić information content (AvgIpc) is 3.08. The molecule has 1 aromatic heterocycles. The summed E-state index contributed by atoms with van der Waals surface area (Å²) in [4.78, 5) is 10.0. The molecule has 1 aromatic carbocycles. The molecule has 1 saturated carbocycles. The first-order chi connectivity index (χ1) is 10.3. The van der Waals surface area contributed by atoms with Crippen LogP contribution in [-0.4, -0.2) is 28.3 Å². The van der Waals surface area contributed by atoms with Gasteiger partial charge in [0.1, 0.15) is 0 Å². The van der Waals surface area contributed by atoms with Crippen LogP contribution in [0.25, 0.3) is 0 Å².